The Morgan fingerprint density at radius 3 is 1.41 bits per heavy atom. The Bertz CT molecular complexity index is 639. The number of piperazine rings is 1. The van der Waals surface area contributed by atoms with Crippen molar-refractivity contribution in [2.24, 2.45) is 0 Å². The minimum absolute atomic E-state index is 0.0390. The number of carboxylic acids is 2. The second kappa shape index (κ2) is 11.5. The molecular formula is C20H32N4O8. The minimum Gasteiger partial charge on any atom is -0.480 e. The molecule has 12 heteroatoms. The van der Waals surface area contributed by atoms with E-state index in [1.54, 1.807) is 9.80 Å². The van der Waals surface area contributed by atoms with E-state index in [-0.39, 0.29) is 50.1 Å². The number of ether oxygens (including phenoxy) is 2. The molecule has 0 aromatic rings. The van der Waals surface area contributed by atoms with Crippen molar-refractivity contribution in [2.45, 2.75) is 50.0 Å². The molecule has 4 atom stereocenters. The number of aliphatic carboxylic acids is 2. The van der Waals surface area contributed by atoms with Gasteiger partial charge in [0, 0.05) is 52.1 Å². The monoisotopic (exact) mass is 456 g/mol. The first-order valence-electron chi connectivity index (χ1n) is 11.0. The maximum absolute atomic E-state index is 12.4. The number of carbonyl (C=O) groups excluding carboxylic acids is 2. The van der Waals surface area contributed by atoms with Gasteiger partial charge in [-0.25, -0.2) is 0 Å². The summed E-state index contributed by atoms with van der Waals surface area (Å²) in [6, 6.07) is -1.19. The second-order valence-corrected chi connectivity index (χ2v) is 8.32. The normalized spacial score (nSPS) is 28.1. The van der Waals surface area contributed by atoms with Crippen molar-refractivity contribution in [1.29, 1.82) is 0 Å². The Balaban J connectivity index is 1.26. The molecule has 0 aromatic heterocycles. The Kier molecular flexibility index (Phi) is 8.79. The van der Waals surface area contributed by atoms with Gasteiger partial charge in [-0.15, -0.1) is 0 Å². The van der Waals surface area contributed by atoms with Gasteiger partial charge in [0.25, 0.3) is 0 Å². The van der Waals surface area contributed by atoms with Gasteiger partial charge in [0.1, 0.15) is 12.1 Å². The van der Waals surface area contributed by atoms with E-state index in [9.17, 15) is 19.2 Å². The zero-order valence-electron chi connectivity index (χ0n) is 18.0. The summed E-state index contributed by atoms with van der Waals surface area (Å²) >= 11 is 0. The largest absolute Gasteiger partial charge is 0.480 e. The summed E-state index contributed by atoms with van der Waals surface area (Å²) in [5.74, 6) is -1.87. The van der Waals surface area contributed by atoms with Crippen LogP contribution in [0.25, 0.3) is 0 Å². The van der Waals surface area contributed by atoms with Gasteiger partial charge >= 0.3 is 11.9 Å². The van der Waals surface area contributed by atoms with Crippen LogP contribution in [0.15, 0.2) is 0 Å². The molecule has 0 aromatic carbocycles. The van der Waals surface area contributed by atoms with Gasteiger partial charge in [-0.2, -0.15) is 0 Å². The van der Waals surface area contributed by atoms with Crippen LogP contribution >= 0.6 is 0 Å². The van der Waals surface area contributed by atoms with Crippen LogP contribution in [0.2, 0.25) is 0 Å². The first kappa shape index (κ1) is 24.4. The van der Waals surface area contributed by atoms with Crippen molar-refractivity contribution in [1.82, 2.24) is 20.4 Å². The fourth-order valence-corrected chi connectivity index (χ4v) is 4.18. The third-order valence-corrected chi connectivity index (χ3v) is 6.10. The molecule has 0 bridgehead atoms. The molecule has 180 valence electrons. The number of carbonyl (C=O) groups is 4. The second-order valence-electron chi connectivity index (χ2n) is 8.32. The summed E-state index contributed by atoms with van der Waals surface area (Å²) in [6.07, 6.45) is 0.841. The highest BCUT2D eigenvalue weighted by molar-refractivity contribution is 5.78. The molecular weight excluding hydrogens is 424 g/mol. The van der Waals surface area contributed by atoms with Crippen molar-refractivity contribution in [3.05, 3.63) is 0 Å². The fraction of sp³-hybridized carbons (Fsp3) is 0.800. The smallest absolute Gasteiger partial charge is 0.320 e. The van der Waals surface area contributed by atoms with Crippen LogP contribution in [0, 0.1) is 0 Å². The summed E-state index contributed by atoms with van der Waals surface area (Å²) in [5.41, 5.74) is 0. The molecule has 12 nitrogen and oxygen atoms in total. The molecule has 3 rings (SSSR count). The molecule has 32 heavy (non-hydrogen) atoms. The summed E-state index contributed by atoms with van der Waals surface area (Å²) in [6.45, 7) is 3.27. The van der Waals surface area contributed by atoms with Gasteiger partial charge in [-0.05, 0) is 0 Å². The van der Waals surface area contributed by atoms with Gasteiger partial charge in [-0.1, -0.05) is 0 Å². The number of nitrogens with one attached hydrogen (secondary N) is 2. The molecule has 0 unspecified atom stereocenters. The maximum Gasteiger partial charge on any atom is 0.320 e. The van der Waals surface area contributed by atoms with Gasteiger partial charge in [0.05, 0.1) is 38.3 Å². The highest BCUT2D eigenvalue weighted by Crippen LogP contribution is 2.13. The Morgan fingerprint density at radius 1 is 0.719 bits per heavy atom. The van der Waals surface area contributed by atoms with Gasteiger partial charge < -0.3 is 40.1 Å². The van der Waals surface area contributed by atoms with E-state index in [4.69, 9.17) is 19.7 Å². The van der Waals surface area contributed by atoms with Gasteiger partial charge in [-0.3, -0.25) is 19.2 Å². The summed E-state index contributed by atoms with van der Waals surface area (Å²) in [4.78, 5) is 50.0. The van der Waals surface area contributed by atoms with Crippen LogP contribution < -0.4 is 10.6 Å². The van der Waals surface area contributed by atoms with Crippen LogP contribution in [0.4, 0.5) is 0 Å². The quantitative estimate of drug-likeness (QED) is 0.293. The van der Waals surface area contributed by atoms with E-state index in [0.29, 0.717) is 52.1 Å². The standard InChI is InChI=1S/C20H32N4O8/c25-17(1-7-31-13-9-15(19(27)28)21-11-13)23-3-5-24(6-4-23)18(26)2-8-32-14-10-16(20(29)30)22-12-14/h13-16,21-22H,1-12H2,(H,27,28)(H,29,30)/t13-,14-,15-,16-/m0/s1. The SMILES string of the molecule is O=C(O)[C@@H]1C[C@H](OCCC(=O)N2CCN(C(=O)CCO[C@@H]3CN[C@H](C(=O)O)C3)CC2)CN1. The lowest BCUT2D eigenvalue weighted by atomic mass is 10.2. The molecule has 3 aliphatic rings. The third kappa shape index (κ3) is 6.86. The zero-order chi connectivity index (χ0) is 23.1. The van der Waals surface area contributed by atoms with Gasteiger partial charge in [0.2, 0.25) is 11.8 Å². The molecule has 0 aliphatic carbocycles. The highest BCUT2D eigenvalue weighted by Gasteiger charge is 2.31. The van der Waals surface area contributed by atoms with E-state index in [0.717, 1.165) is 0 Å². The summed E-state index contributed by atoms with van der Waals surface area (Å²) in [7, 11) is 0. The predicted molar refractivity (Wildman–Crippen MR) is 110 cm³/mol. The lowest BCUT2D eigenvalue weighted by Gasteiger charge is -2.35. The lowest BCUT2D eigenvalue weighted by molar-refractivity contribution is -0.141. The zero-order valence-corrected chi connectivity index (χ0v) is 18.0. The molecule has 0 spiro atoms. The number of carboxylic acid groups (broad SMARTS) is 2. The number of rotatable bonds is 10. The lowest BCUT2D eigenvalue weighted by Crippen LogP contribution is -2.51. The Morgan fingerprint density at radius 2 is 1.09 bits per heavy atom. The van der Waals surface area contributed by atoms with E-state index in [1.165, 1.54) is 0 Å². The molecule has 3 saturated heterocycles. The molecule has 3 aliphatic heterocycles. The van der Waals surface area contributed by atoms with E-state index >= 15 is 0 Å². The van der Waals surface area contributed by atoms with Crippen LogP contribution in [0.3, 0.4) is 0 Å². The number of amides is 2. The maximum atomic E-state index is 12.4. The van der Waals surface area contributed by atoms with Crippen molar-refractivity contribution in [3.63, 3.8) is 0 Å². The average molecular weight is 456 g/mol. The molecule has 0 saturated carbocycles. The van der Waals surface area contributed by atoms with Crippen LogP contribution in [-0.2, 0) is 28.7 Å². The van der Waals surface area contributed by atoms with E-state index in [2.05, 4.69) is 10.6 Å². The first-order valence-corrected chi connectivity index (χ1v) is 11.0. The van der Waals surface area contributed by atoms with Crippen molar-refractivity contribution < 1.29 is 38.9 Å². The molecule has 3 heterocycles. The van der Waals surface area contributed by atoms with Crippen molar-refractivity contribution in [2.75, 3.05) is 52.5 Å². The number of hydrogen-bond acceptors (Lipinski definition) is 8. The molecule has 2 amide bonds. The molecule has 0 radical (unpaired) electrons. The number of hydrogen-bond donors (Lipinski definition) is 4. The number of nitrogens with zero attached hydrogens (tertiary/aromatic N) is 2. The first-order chi connectivity index (χ1) is 15.3. The fourth-order valence-electron chi connectivity index (χ4n) is 4.18. The van der Waals surface area contributed by atoms with Crippen molar-refractivity contribution in [3.8, 4) is 0 Å². The average Bonchev–Trinajstić information content (AvgIpc) is 3.44. The Labute approximate surface area is 186 Å². The summed E-state index contributed by atoms with van der Waals surface area (Å²) < 4.78 is 11.2. The van der Waals surface area contributed by atoms with Crippen LogP contribution in [0.1, 0.15) is 25.7 Å². The molecule has 3 fully saturated rings. The summed E-state index contributed by atoms with van der Waals surface area (Å²) in [5, 5.41) is 23.7. The van der Waals surface area contributed by atoms with Crippen LogP contribution in [-0.4, -0.2) is 121 Å². The van der Waals surface area contributed by atoms with Gasteiger partial charge in [0.15, 0.2) is 0 Å². The highest BCUT2D eigenvalue weighted by atomic mass is 16.5. The van der Waals surface area contributed by atoms with E-state index < -0.39 is 24.0 Å². The van der Waals surface area contributed by atoms with Crippen LogP contribution in [0.5, 0.6) is 0 Å². The Hall–Kier alpha value is -2.28. The van der Waals surface area contributed by atoms with E-state index in [1.807, 2.05) is 0 Å². The third-order valence-electron chi connectivity index (χ3n) is 6.10. The van der Waals surface area contributed by atoms with Crippen molar-refractivity contribution >= 4 is 23.8 Å². The minimum atomic E-state index is -0.895. The topological polar surface area (TPSA) is 158 Å². The molecule has 4 N–H and O–H groups in total. The predicted octanol–water partition coefficient (Wildman–Crippen LogP) is -1.90.